The highest BCUT2D eigenvalue weighted by molar-refractivity contribution is 7.11. The number of likely N-dealkylation sites (tertiary alicyclic amines) is 1. The number of hydrogen-bond acceptors (Lipinski definition) is 5. The maximum atomic E-state index is 5.00. The van der Waals surface area contributed by atoms with E-state index in [2.05, 4.69) is 15.2 Å². The van der Waals surface area contributed by atoms with Gasteiger partial charge in [-0.1, -0.05) is 0 Å². The summed E-state index contributed by atoms with van der Waals surface area (Å²) in [5.41, 5.74) is 0. The average Bonchev–Trinajstić information content (AvgIpc) is 3.03. The van der Waals surface area contributed by atoms with Gasteiger partial charge in [0.05, 0.1) is 11.6 Å². The van der Waals surface area contributed by atoms with E-state index in [-0.39, 0.29) is 0 Å². The molecule has 2 heterocycles. The zero-order chi connectivity index (χ0) is 12.6. The fraction of sp³-hybridized carbons (Fsp3) is 0.769. The highest BCUT2D eigenvalue weighted by atomic mass is 32.1. The summed E-state index contributed by atoms with van der Waals surface area (Å²) in [6, 6.07) is 0. The van der Waals surface area contributed by atoms with Crippen LogP contribution in [0, 0.1) is 0 Å². The molecule has 0 aliphatic carbocycles. The van der Waals surface area contributed by atoms with Gasteiger partial charge < -0.3 is 15.0 Å². The second-order valence-corrected chi connectivity index (χ2v) is 5.89. The number of nitrogens with one attached hydrogen (secondary N) is 1. The molecule has 0 unspecified atom stereocenters. The Balaban J connectivity index is 1.65. The average molecular weight is 269 g/mol. The van der Waals surface area contributed by atoms with E-state index in [4.69, 9.17) is 4.74 Å². The Morgan fingerprint density at radius 2 is 2.28 bits per heavy atom. The van der Waals surface area contributed by atoms with Crippen molar-refractivity contribution < 1.29 is 4.74 Å². The number of hydrogen-bond donors (Lipinski definition) is 1. The van der Waals surface area contributed by atoms with Gasteiger partial charge in [0, 0.05) is 44.2 Å². The van der Waals surface area contributed by atoms with Crippen LogP contribution in [0.5, 0.6) is 0 Å². The molecule has 0 spiro atoms. The lowest BCUT2D eigenvalue weighted by molar-refractivity contribution is 0.199. The Kier molecular flexibility index (Phi) is 6.07. The van der Waals surface area contributed by atoms with E-state index in [1.54, 1.807) is 7.11 Å². The molecule has 102 valence electrons. The van der Waals surface area contributed by atoms with Gasteiger partial charge in [0.2, 0.25) is 0 Å². The summed E-state index contributed by atoms with van der Waals surface area (Å²) < 4.78 is 5.00. The van der Waals surface area contributed by atoms with Crippen LogP contribution in [0.3, 0.4) is 0 Å². The fourth-order valence-corrected chi connectivity index (χ4v) is 3.07. The van der Waals surface area contributed by atoms with E-state index in [1.807, 2.05) is 17.5 Å². The molecule has 0 radical (unpaired) electrons. The van der Waals surface area contributed by atoms with Crippen LogP contribution in [-0.2, 0) is 17.7 Å². The van der Waals surface area contributed by atoms with E-state index in [0.29, 0.717) is 0 Å². The molecule has 1 N–H and O–H groups in total. The first kappa shape index (κ1) is 13.9. The molecule has 2 rings (SSSR count). The Bertz CT molecular complexity index is 337. The highest BCUT2D eigenvalue weighted by Gasteiger charge is 2.11. The van der Waals surface area contributed by atoms with Crippen LogP contribution < -0.4 is 5.32 Å². The molecule has 5 heteroatoms. The molecule has 18 heavy (non-hydrogen) atoms. The smallest absolute Gasteiger partial charge is 0.0940 e. The minimum atomic E-state index is 0.765. The lowest BCUT2D eigenvalue weighted by Crippen LogP contribution is -2.21. The van der Waals surface area contributed by atoms with Crippen molar-refractivity contribution in [2.45, 2.75) is 25.8 Å². The Morgan fingerprint density at radius 3 is 3.06 bits per heavy atom. The Hall–Kier alpha value is -0.490. The predicted octanol–water partition coefficient (Wildman–Crippen LogP) is 1.52. The molecular formula is C13H23N3OS. The SMILES string of the molecule is COCCNCc1cnc(CCN2CCCC2)s1. The van der Waals surface area contributed by atoms with Gasteiger partial charge in [-0.25, -0.2) is 4.98 Å². The standard InChI is InChI=1S/C13H23N3OS/c1-17-9-5-14-10-12-11-15-13(18-12)4-8-16-6-2-3-7-16/h11,14H,2-10H2,1H3. The van der Waals surface area contributed by atoms with Crippen LogP contribution in [0.1, 0.15) is 22.7 Å². The lowest BCUT2D eigenvalue weighted by Gasteiger charge is -2.12. The van der Waals surface area contributed by atoms with E-state index in [1.165, 1.54) is 42.4 Å². The summed E-state index contributed by atoms with van der Waals surface area (Å²) in [7, 11) is 1.73. The molecular weight excluding hydrogens is 246 g/mol. The van der Waals surface area contributed by atoms with Gasteiger partial charge in [0.1, 0.15) is 0 Å². The van der Waals surface area contributed by atoms with E-state index >= 15 is 0 Å². The second-order valence-electron chi connectivity index (χ2n) is 4.69. The van der Waals surface area contributed by atoms with Crippen LogP contribution in [-0.4, -0.2) is 49.8 Å². The van der Waals surface area contributed by atoms with Crippen molar-refractivity contribution >= 4 is 11.3 Å². The molecule has 1 aliphatic heterocycles. The highest BCUT2D eigenvalue weighted by Crippen LogP contribution is 2.15. The van der Waals surface area contributed by atoms with Crippen LogP contribution in [0.15, 0.2) is 6.20 Å². The van der Waals surface area contributed by atoms with Gasteiger partial charge in [0.25, 0.3) is 0 Å². The number of nitrogens with zero attached hydrogens (tertiary/aromatic N) is 2. The predicted molar refractivity (Wildman–Crippen MR) is 75.1 cm³/mol. The second kappa shape index (κ2) is 7.84. The molecule has 1 aliphatic rings. The topological polar surface area (TPSA) is 37.4 Å². The maximum Gasteiger partial charge on any atom is 0.0940 e. The molecule has 0 aromatic carbocycles. The lowest BCUT2D eigenvalue weighted by atomic mass is 10.4. The van der Waals surface area contributed by atoms with Crippen molar-refractivity contribution in [1.82, 2.24) is 15.2 Å². The molecule has 0 saturated carbocycles. The van der Waals surface area contributed by atoms with Crippen molar-refractivity contribution in [2.75, 3.05) is 39.9 Å². The van der Waals surface area contributed by atoms with Crippen LogP contribution in [0.25, 0.3) is 0 Å². The summed E-state index contributed by atoms with van der Waals surface area (Å²) in [6.07, 6.45) is 5.84. The molecule has 1 fully saturated rings. The summed E-state index contributed by atoms with van der Waals surface area (Å²) in [5.74, 6) is 0. The van der Waals surface area contributed by atoms with Gasteiger partial charge in [-0.3, -0.25) is 0 Å². The van der Waals surface area contributed by atoms with Crippen molar-refractivity contribution in [3.8, 4) is 0 Å². The third kappa shape index (κ3) is 4.65. The number of methoxy groups -OCH3 is 1. The Labute approximate surface area is 113 Å². The summed E-state index contributed by atoms with van der Waals surface area (Å²) in [6.45, 7) is 6.29. The Morgan fingerprint density at radius 1 is 1.44 bits per heavy atom. The number of aromatic nitrogens is 1. The third-order valence-corrected chi connectivity index (χ3v) is 4.28. The molecule has 0 atom stereocenters. The number of rotatable bonds is 8. The maximum absolute atomic E-state index is 5.00. The van der Waals surface area contributed by atoms with E-state index in [9.17, 15) is 0 Å². The van der Waals surface area contributed by atoms with Crippen molar-refractivity contribution in [3.63, 3.8) is 0 Å². The molecule has 1 saturated heterocycles. The van der Waals surface area contributed by atoms with Crippen LogP contribution in [0.2, 0.25) is 0 Å². The van der Waals surface area contributed by atoms with Gasteiger partial charge in [-0.05, 0) is 25.9 Å². The number of ether oxygens (including phenoxy) is 1. The molecule has 1 aromatic heterocycles. The van der Waals surface area contributed by atoms with Gasteiger partial charge in [0.15, 0.2) is 0 Å². The van der Waals surface area contributed by atoms with Crippen LogP contribution >= 0.6 is 11.3 Å². The van der Waals surface area contributed by atoms with Gasteiger partial charge in [-0.2, -0.15) is 0 Å². The first-order valence-corrected chi connectivity index (χ1v) is 7.56. The zero-order valence-corrected chi connectivity index (χ0v) is 12.0. The first-order chi connectivity index (χ1) is 8.88. The molecule has 4 nitrogen and oxygen atoms in total. The molecule has 0 bridgehead atoms. The fourth-order valence-electron chi connectivity index (χ4n) is 2.19. The van der Waals surface area contributed by atoms with Crippen LogP contribution in [0.4, 0.5) is 0 Å². The monoisotopic (exact) mass is 269 g/mol. The largest absolute Gasteiger partial charge is 0.383 e. The quantitative estimate of drug-likeness (QED) is 0.726. The normalized spacial score (nSPS) is 16.5. The third-order valence-electron chi connectivity index (χ3n) is 3.22. The van der Waals surface area contributed by atoms with E-state index < -0.39 is 0 Å². The zero-order valence-electron chi connectivity index (χ0n) is 11.2. The van der Waals surface area contributed by atoms with Gasteiger partial charge in [-0.15, -0.1) is 11.3 Å². The summed E-state index contributed by atoms with van der Waals surface area (Å²) in [5, 5.41) is 4.62. The van der Waals surface area contributed by atoms with Gasteiger partial charge >= 0.3 is 0 Å². The van der Waals surface area contributed by atoms with E-state index in [0.717, 1.165) is 26.1 Å². The summed E-state index contributed by atoms with van der Waals surface area (Å²) in [4.78, 5) is 8.36. The van der Waals surface area contributed by atoms with Crippen molar-refractivity contribution in [2.24, 2.45) is 0 Å². The molecule has 0 amide bonds. The molecule has 1 aromatic rings. The minimum Gasteiger partial charge on any atom is -0.383 e. The minimum absolute atomic E-state index is 0.765. The first-order valence-electron chi connectivity index (χ1n) is 6.74. The van der Waals surface area contributed by atoms with Crippen molar-refractivity contribution in [3.05, 3.63) is 16.1 Å². The number of thiazole rings is 1. The summed E-state index contributed by atoms with van der Waals surface area (Å²) >= 11 is 1.83. The van der Waals surface area contributed by atoms with Crippen molar-refractivity contribution in [1.29, 1.82) is 0 Å².